The maximum atomic E-state index is 6.22. The minimum atomic E-state index is 0.596. The lowest BCUT2D eigenvalue weighted by atomic mass is 9.95. The fraction of sp³-hybridized carbons (Fsp3) is 0. The van der Waals surface area contributed by atoms with Crippen LogP contribution in [0, 0.1) is 0 Å². The second kappa shape index (κ2) is 14.0. The van der Waals surface area contributed by atoms with E-state index < -0.39 is 0 Å². The number of hydrogen-bond donors (Lipinski definition) is 0. The Labute approximate surface area is 376 Å². The molecule has 0 aliphatic carbocycles. The molecule has 0 fully saturated rings. The summed E-state index contributed by atoms with van der Waals surface area (Å²) in [5.41, 5.74) is 10.0. The van der Waals surface area contributed by atoms with Crippen LogP contribution in [0.2, 0.25) is 0 Å². The van der Waals surface area contributed by atoms with Gasteiger partial charge in [0.2, 0.25) is 0 Å². The van der Waals surface area contributed by atoms with Crippen molar-refractivity contribution in [2.75, 3.05) is 0 Å². The van der Waals surface area contributed by atoms with Gasteiger partial charge >= 0.3 is 0 Å². The molecule has 14 aromatic rings. The first-order valence-electron chi connectivity index (χ1n) is 21.8. The zero-order valence-electron chi connectivity index (χ0n) is 34.7. The molecular formula is C59H34N4OS. The predicted molar refractivity (Wildman–Crippen MR) is 271 cm³/mol. The van der Waals surface area contributed by atoms with E-state index in [0.717, 1.165) is 66.5 Å². The molecule has 302 valence electrons. The van der Waals surface area contributed by atoms with Crippen LogP contribution >= 0.6 is 11.3 Å². The van der Waals surface area contributed by atoms with Crippen molar-refractivity contribution < 1.29 is 4.42 Å². The van der Waals surface area contributed by atoms with E-state index in [-0.39, 0.29) is 0 Å². The molecule has 0 bridgehead atoms. The van der Waals surface area contributed by atoms with Crippen LogP contribution in [0.4, 0.5) is 0 Å². The maximum Gasteiger partial charge on any atom is 0.164 e. The summed E-state index contributed by atoms with van der Waals surface area (Å²) in [4.78, 5) is 15.7. The molecule has 0 radical (unpaired) electrons. The van der Waals surface area contributed by atoms with Gasteiger partial charge in [-0.25, -0.2) is 15.0 Å². The van der Waals surface area contributed by atoms with Gasteiger partial charge in [0.05, 0.1) is 16.7 Å². The molecule has 0 N–H and O–H groups in total. The van der Waals surface area contributed by atoms with Crippen LogP contribution < -0.4 is 0 Å². The van der Waals surface area contributed by atoms with Crippen LogP contribution in [0.1, 0.15) is 0 Å². The molecule has 5 nitrogen and oxygen atoms in total. The zero-order valence-corrected chi connectivity index (χ0v) is 35.6. The first-order valence-corrected chi connectivity index (χ1v) is 22.6. The molecule has 0 aliphatic heterocycles. The number of para-hydroxylation sites is 2. The van der Waals surface area contributed by atoms with Crippen LogP contribution in [0.3, 0.4) is 0 Å². The van der Waals surface area contributed by atoms with Gasteiger partial charge in [0.1, 0.15) is 11.2 Å². The molecule has 14 rings (SSSR count). The van der Waals surface area contributed by atoms with Crippen LogP contribution in [0.25, 0.3) is 136 Å². The third-order valence-corrected chi connectivity index (χ3v) is 14.1. The van der Waals surface area contributed by atoms with Crippen molar-refractivity contribution in [3.8, 4) is 51.0 Å². The number of aromatic nitrogens is 4. The molecule has 65 heavy (non-hydrogen) atoms. The molecule has 0 saturated carbocycles. The monoisotopic (exact) mass is 846 g/mol. The maximum absolute atomic E-state index is 6.22. The molecule has 0 atom stereocenters. The quantitative estimate of drug-likeness (QED) is 0.173. The van der Waals surface area contributed by atoms with E-state index in [2.05, 4.69) is 162 Å². The van der Waals surface area contributed by atoms with Crippen LogP contribution in [-0.2, 0) is 0 Å². The van der Waals surface area contributed by atoms with Gasteiger partial charge in [-0.1, -0.05) is 127 Å². The highest BCUT2D eigenvalue weighted by Crippen LogP contribution is 2.46. The normalized spacial score (nSPS) is 12.0. The number of benzene rings is 10. The molecule has 0 saturated heterocycles. The molecule has 0 aliphatic rings. The second-order valence-corrected chi connectivity index (χ2v) is 17.8. The van der Waals surface area contributed by atoms with Crippen molar-refractivity contribution in [3.05, 3.63) is 206 Å². The zero-order chi connectivity index (χ0) is 42.6. The second-order valence-electron chi connectivity index (χ2n) is 16.8. The number of thiophene rings is 1. The molecular weight excluding hydrogens is 813 g/mol. The molecule has 10 aromatic carbocycles. The van der Waals surface area contributed by atoms with E-state index in [9.17, 15) is 0 Å². The Bertz CT molecular complexity index is 4260. The summed E-state index contributed by atoms with van der Waals surface area (Å²) in [7, 11) is 0. The van der Waals surface area contributed by atoms with E-state index in [4.69, 9.17) is 19.4 Å². The third kappa shape index (κ3) is 5.67. The van der Waals surface area contributed by atoms with Crippen molar-refractivity contribution in [3.63, 3.8) is 0 Å². The van der Waals surface area contributed by atoms with Crippen molar-refractivity contribution in [1.82, 2.24) is 19.5 Å². The van der Waals surface area contributed by atoms with Crippen molar-refractivity contribution in [1.29, 1.82) is 0 Å². The summed E-state index contributed by atoms with van der Waals surface area (Å²) in [6, 6.07) is 73.5. The Morgan fingerprint density at radius 3 is 1.77 bits per heavy atom. The van der Waals surface area contributed by atoms with E-state index in [1.54, 1.807) is 0 Å². The summed E-state index contributed by atoms with van der Waals surface area (Å²) < 4.78 is 11.2. The van der Waals surface area contributed by atoms with Gasteiger partial charge < -0.3 is 8.98 Å². The van der Waals surface area contributed by atoms with Crippen LogP contribution in [0.15, 0.2) is 211 Å². The molecule has 0 unspecified atom stereocenters. The molecule has 0 spiro atoms. The Kier molecular flexibility index (Phi) is 7.79. The fourth-order valence-electron chi connectivity index (χ4n) is 9.95. The number of nitrogens with zero attached hydrogens (tertiary/aromatic N) is 4. The van der Waals surface area contributed by atoms with Crippen molar-refractivity contribution in [2.45, 2.75) is 0 Å². The summed E-state index contributed by atoms with van der Waals surface area (Å²) in [5, 5.41) is 11.9. The van der Waals surface area contributed by atoms with Crippen molar-refractivity contribution >= 4 is 96.8 Å². The smallest absolute Gasteiger partial charge is 0.164 e. The Morgan fingerprint density at radius 1 is 0.354 bits per heavy atom. The van der Waals surface area contributed by atoms with Gasteiger partial charge in [0, 0.05) is 64.0 Å². The van der Waals surface area contributed by atoms with Gasteiger partial charge in [-0.3, -0.25) is 0 Å². The first-order chi connectivity index (χ1) is 32.2. The Hall–Kier alpha value is -8.45. The Balaban J connectivity index is 1.06. The molecule has 4 heterocycles. The number of fused-ring (bicyclic) bond motifs is 11. The summed E-state index contributed by atoms with van der Waals surface area (Å²) >= 11 is 1.85. The SMILES string of the molecule is c1ccc(-c2nc(-c3ccc(-n4c5ccccc5c5cc6ccccc6cc54)c(-c4cccc5sc6cc7ccccc7cc6c45)c3)nc(-c3ccc4oc5ccccc5c4c3)n2)cc1. The lowest BCUT2D eigenvalue weighted by Gasteiger charge is -2.17. The summed E-state index contributed by atoms with van der Waals surface area (Å²) in [6.07, 6.45) is 0. The number of rotatable bonds is 5. The minimum absolute atomic E-state index is 0.596. The van der Waals surface area contributed by atoms with E-state index >= 15 is 0 Å². The molecule has 6 heteroatoms. The van der Waals surface area contributed by atoms with Gasteiger partial charge in [-0.05, 0) is 106 Å². The summed E-state index contributed by atoms with van der Waals surface area (Å²) in [5.74, 6) is 1.81. The highest BCUT2D eigenvalue weighted by molar-refractivity contribution is 7.26. The Morgan fingerprint density at radius 2 is 0.969 bits per heavy atom. The first kappa shape index (κ1) is 36.1. The molecule has 4 aromatic heterocycles. The highest BCUT2D eigenvalue weighted by Gasteiger charge is 2.22. The van der Waals surface area contributed by atoms with Gasteiger partial charge in [0.15, 0.2) is 17.5 Å². The minimum Gasteiger partial charge on any atom is -0.456 e. The number of furan rings is 1. The van der Waals surface area contributed by atoms with Crippen LogP contribution in [0.5, 0.6) is 0 Å². The van der Waals surface area contributed by atoms with Crippen LogP contribution in [-0.4, -0.2) is 19.5 Å². The van der Waals surface area contributed by atoms with Gasteiger partial charge in [0.25, 0.3) is 0 Å². The van der Waals surface area contributed by atoms with E-state index in [0.29, 0.717) is 17.5 Å². The van der Waals surface area contributed by atoms with E-state index in [1.165, 1.54) is 52.5 Å². The lowest BCUT2D eigenvalue weighted by Crippen LogP contribution is -2.02. The number of hydrogen-bond acceptors (Lipinski definition) is 5. The average Bonchev–Trinajstić information content (AvgIpc) is 4.03. The predicted octanol–water partition coefficient (Wildman–Crippen LogP) is 16.2. The standard InChI is InChI=1S/C59H34N4OS/c1-2-13-35(14-3-1)57-60-58(62-59(61-57)41-26-28-53-47(32-41)43-20-9-11-23-52(43)64-53)40-25-27-50(63-49-22-10-8-19-42(49)45-29-36-15-4-6-17-38(36)33-51(45)63)46(31-40)44-21-12-24-54-56(44)48-30-37-16-5-7-18-39(37)34-55(48)65-54/h1-34H. The van der Waals surface area contributed by atoms with Gasteiger partial charge in [-0.15, -0.1) is 11.3 Å². The third-order valence-electron chi connectivity index (χ3n) is 13.0. The van der Waals surface area contributed by atoms with Gasteiger partial charge in [-0.2, -0.15) is 0 Å². The molecule has 0 amide bonds. The summed E-state index contributed by atoms with van der Waals surface area (Å²) in [6.45, 7) is 0. The van der Waals surface area contributed by atoms with E-state index in [1.807, 2.05) is 59.9 Å². The largest absolute Gasteiger partial charge is 0.456 e. The van der Waals surface area contributed by atoms with Crippen molar-refractivity contribution in [2.24, 2.45) is 0 Å². The lowest BCUT2D eigenvalue weighted by molar-refractivity contribution is 0.669. The topological polar surface area (TPSA) is 56.7 Å². The fourth-order valence-corrected chi connectivity index (χ4v) is 11.1. The highest BCUT2D eigenvalue weighted by atomic mass is 32.1. The average molecular weight is 847 g/mol.